The number of aromatic nitrogens is 1. The Balaban J connectivity index is 2.15. The number of amides is 2. The molecule has 0 saturated heterocycles. The Morgan fingerprint density at radius 3 is 2.32 bits per heavy atom. The van der Waals surface area contributed by atoms with Gasteiger partial charge in [-0.15, -0.1) is 0 Å². The van der Waals surface area contributed by atoms with Gasteiger partial charge in [0.1, 0.15) is 0 Å². The average Bonchev–Trinajstić information content (AvgIpc) is 2.47. The molecule has 22 heavy (non-hydrogen) atoms. The smallest absolute Gasteiger partial charge is 0.358 e. The number of halogens is 1. The van der Waals surface area contributed by atoms with Crippen molar-refractivity contribution in [2.75, 3.05) is 0 Å². The van der Waals surface area contributed by atoms with Gasteiger partial charge in [-0.25, -0.2) is 0 Å². The van der Waals surface area contributed by atoms with Gasteiger partial charge in [0, 0.05) is 15.6 Å². The molecule has 2 rings (SSSR count). The summed E-state index contributed by atoms with van der Waals surface area (Å²) >= 11 is 3.25. The Kier molecular flexibility index (Phi) is 4.62. The summed E-state index contributed by atoms with van der Waals surface area (Å²) in [5.41, 5.74) is 0.644. The number of imide groups is 1. The maximum Gasteiger partial charge on any atom is 0.366 e. The predicted octanol–water partition coefficient (Wildman–Crippen LogP) is 2.63. The van der Waals surface area contributed by atoms with Gasteiger partial charge >= 0.3 is 5.82 Å². The lowest BCUT2D eigenvalue weighted by Gasteiger charge is -2.04. The van der Waals surface area contributed by atoms with E-state index >= 15 is 0 Å². The predicted molar refractivity (Wildman–Crippen MR) is 81.6 cm³/mol. The maximum absolute atomic E-state index is 12.0. The second-order valence-corrected chi connectivity index (χ2v) is 5.33. The third-order valence-electron chi connectivity index (χ3n) is 2.82. The number of nitro groups is 1. The molecule has 0 aliphatic heterocycles. The zero-order valence-corrected chi connectivity index (χ0v) is 13.0. The molecule has 0 bridgehead atoms. The van der Waals surface area contributed by atoms with Gasteiger partial charge in [-0.1, -0.05) is 15.9 Å². The van der Waals surface area contributed by atoms with E-state index in [0.717, 1.165) is 10.7 Å². The highest BCUT2D eigenvalue weighted by Crippen LogP contribution is 2.15. The van der Waals surface area contributed by atoms with Gasteiger partial charge in [0.05, 0.1) is 5.56 Å². The molecule has 0 radical (unpaired) electrons. The van der Waals surface area contributed by atoms with Crippen LogP contribution in [-0.4, -0.2) is 21.7 Å². The Morgan fingerprint density at radius 2 is 1.77 bits per heavy atom. The summed E-state index contributed by atoms with van der Waals surface area (Å²) in [7, 11) is 0. The first kappa shape index (κ1) is 15.8. The number of nitrogens with zero attached hydrogens (tertiary/aromatic N) is 2. The molecule has 0 fully saturated rings. The number of aryl methyl sites for hydroxylation is 1. The molecule has 0 unspecified atom stereocenters. The summed E-state index contributed by atoms with van der Waals surface area (Å²) in [4.78, 5) is 37.6. The second-order valence-electron chi connectivity index (χ2n) is 4.41. The molecule has 1 aromatic heterocycles. The van der Waals surface area contributed by atoms with Crippen molar-refractivity contribution in [2.45, 2.75) is 6.92 Å². The number of carbonyl (C=O) groups is 2. The van der Waals surface area contributed by atoms with Crippen molar-refractivity contribution in [3.63, 3.8) is 0 Å². The molecule has 7 nitrogen and oxygen atoms in total. The molecule has 112 valence electrons. The Morgan fingerprint density at radius 1 is 1.18 bits per heavy atom. The van der Waals surface area contributed by atoms with Crippen LogP contribution >= 0.6 is 15.9 Å². The first-order valence-corrected chi connectivity index (χ1v) is 6.90. The van der Waals surface area contributed by atoms with Crippen molar-refractivity contribution in [1.29, 1.82) is 0 Å². The van der Waals surface area contributed by atoms with Gasteiger partial charge in [0.15, 0.2) is 6.20 Å². The van der Waals surface area contributed by atoms with E-state index in [1.165, 1.54) is 13.0 Å². The van der Waals surface area contributed by atoms with Crippen molar-refractivity contribution >= 4 is 33.6 Å². The van der Waals surface area contributed by atoms with Crippen LogP contribution in [0.1, 0.15) is 26.3 Å². The largest absolute Gasteiger partial charge is 0.366 e. The van der Waals surface area contributed by atoms with E-state index in [0.29, 0.717) is 5.56 Å². The van der Waals surface area contributed by atoms with Gasteiger partial charge < -0.3 is 10.1 Å². The second kappa shape index (κ2) is 6.44. The van der Waals surface area contributed by atoms with Crippen LogP contribution in [0.4, 0.5) is 5.82 Å². The van der Waals surface area contributed by atoms with Gasteiger partial charge in [-0.2, -0.15) is 0 Å². The van der Waals surface area contributed by atoms with E-state index < -0.39 is 16.7 Å². The molecule has 0 atom stereocenters. The van der Waals surface area contributed by atoms with Gasteiger partial charge in [0.25, 0.3) is 11.8 Å². The van der Waals surface area contributed by atoms with E-state index in [4.69, 9.17) is 0 Å². The van der Waals surface area contributed by atoms with Crippen LogP contribution in [0.3, 0.4) is 0 Å². The van der Waals surface area contributed by atoms with E-state index in [-0.39, 0.29) is 16.9 Å². The molecular weight excluding hydrogens is 354 g/mol. The highest BCUT2D eigenvalue weighted by atomic mass is 79.9. The number of hydrogen-bond donors (Lipinski definition) is 1. The molecule has 2 aromatic rings. The standard InChI is InChI=1S/C14H10BrN3O4/c1-8-6-10(7-16-12(8)18(21)22)14(20)17-13(19)9-2-4-11(15)5-3-9/h2-7H,1H3,(H,17,19,20). The van der Waals surface area contributed by atoms with Crippen molar-refractivity contribution in [1.82, 2.24) is 10.3 Å². The molecule has 0 spiro atoms. The fourth-order valence-corrected chi connectivity index (χ4v) is 2.00. The maximum atomic E-state index is 12.0. The Bertz CT molecular complexity index is 759. The van der Waals surface area contributed by atoms with Crippen molar-refractivity contribution in [3.8, 4) is 0 Å². The fourth-order valence-electron chi connectivity index (χ4n) is 1.73. The summed E-state index contributed by atoms with van der Waals surface area (Å²) in [6.07, 6.45) is 1.06. The normalized spacial score (nSPS) is 10.1. The number of pyridine rings is 1. The molecule has 0 saturated carbocycles. The van der Waals surface area contributed by atoms with Crippen molar-refractivity contribution in [2.24, 2.45) is 0 Å². The minimum absolute atomic E-state index is 0.0774. The van der Waals surface area contributed by atoms with Crippen molar-refractivity contribution < 1.29 is 14.5 Å². The first-order chi connectivity index (χ1) is 10.4. The van der Waals surface area contributed by atoms with E-state index in [9.17, 15) is 19.7 Å². The number of rotatable bonds is 3. The van der Waals surface area contributed by atoms with Crippen LogP contribution in [0.25, 0.3) is 0 Å². The van der Waals surface area contributed by atoms with Crippen LogP contribution in [-0.2, 0) is 0 Å². The van der Waals surface area contributed by atoms with E-state index in [2.05, 4.69) is 26.2 Å². The number of benzene rings is 1. The highest BCUT2D eigenvalue weighted by Gasteiger charge is 2.18. The summed E-state index contributed by atoms with van der Waals surface area (Å²) < 4.78 is 0.811. The summed E-state index contributed by atoms with van der Waals surface area (Å²) in [6, 6.07) is 7.79. The fraction of sp³-hybridized carbons (Fsp3) is 0.0714. The van der Waals surface area contributed by atoms with E-state index in [1.807, 2.05) is 0 Å². The van der Waals surface area contributed by atoms with Crippen LogP contribution in [0.2, 0.25) is 0 Å². The SMILES string of the molecule is Cc1cc(C(=O)NC(=O)c2ccc(Br)cc2)cnc1[N+](=O)[O-]. The lowest BCUT2D eigenvalue weighted by molar-refractivity contribution is -0.390. The third-order valence-corrected chi connectivity index (χ3v) is 3.35. The molecule has 1 heterocycles. The van der Waals surface area contributed by atoms with Crippen LogP contribution < -0.4 is 5.32 Å². The highest BCUT2D eigenvalue weighted by molar-refractivity contribution is 9.10. The monoisotopic (exact) mass is 363 g/mol. The Labute approximate surface area is 133 Å². The first-order valence-electron chi connectivity index (χ1n) is 6.11. The zero-order chi connectivity index (χ0) is 16.3. The van der Waals surface area contributed by atoms with Crippen molar-refractivity contribution in [3.05, 3.63) is 67.8 Å². The molecule has 2 amide bonds. The van der Waals surface area contributed by atoms with Gasteiger partial charge in [-0.3, -0.25) is 14.9 Å². The topological polar surface area (TPSA) is 102 Å². The molecule has 0 aliphatic rings. The molecule has 8 heteroatoms. The molecule has 1 N–H and O–H groups in total. The molecule has 0 aliphatic carbocycles. The average molecular weight is 364 g/mol. The van der Waals surface area contributed by atoms with Crippen LogP contribution in [0, 0.1) is 17.0 Å². The third kappa shape index (κ3) is 3.53. The number of nitrogens with one attached hydrogen (secondary N) is 1. The van der Waals surface area contributed by atoms with Crippen LogP contribution in [0.15, 0.2) is 41.0 Å². The quantitative estimate of drug-likeness (QED) is 0.512. The summed E-state index contributed by atoms with van der Waals surface area (Å²) in [5.74, 6) is -1.55. The van der Waals surface area contributed by atoms with Crippen LogP contribution in [0.5, 0.6) is 0 Å². The summed E-state index contributed by atoms with van der Waals surface area (Å²) in [6.45, 7) is 1.47. The van der Waals surface area contributed by atoms with Gasteiger partial charge in [0.2, 0.25) is 0 Å². The zero-order valence-electron chi connectivity index (χ0n) is 11.4. The molecular formula is C14H10BrN3O4. The minimum Gasteiger partial charge on any atom is -0.358 e. The van der Waals surface area contributed by atoms with E-state index in [1.54, 1.807) is 24.3 Å². The van der Waals surface area contributed by atoms with Gasteiger partial charge in [-0.05, 0) is 47.2 Å². The molecule has 1 aromatic carbocycles. The minimum atomic E-state index is -0.668. The summed E-state index contributed by atoms with van der Waals surface area (Å²) in [5, 5.41) is 12.9. The number of hydrogen-bond acceptors (Lipinski definition) is 5. The lowest BCUT2D eigenvalue weighted by atomic mass is 10.1. The lowest BCUT2D eigenvalue weighted by Crippen LogP contribution is -2.30. The number of carbonyl (C=O) groups excluding carboxylic acids is 2. The Hall–Kier alpha value is -2.61.